The lowest BCUT2D eigenvalue weighted by molar-refractivity contribution is -0.133. The fourth-order valence-electron chi connectivity index (χ4n) is 8.04. The quantitative estimate of drug-likeness (QED) is 0.0476. The zero-order chi connectivity index (χ0) is 40.3. The summed E-state index contributed by atoms with van der Waals surface area (Å²) in [4.78, 5) is 20.9. The minimum absolute atomic E-state index is 0.220. The second kappa shape index (κ2) is 44.4. The number of carbonyl (C=O) groups excluding carboxylic acids is 1. The Morgan fingerprint density at radius 3 is 1.04 bits per heavy atom. The molecule has 0 aliphatic carbocycles. The third kappa shape index (κ3) is 37.3. The Morgan fingerprint density at radius 2 is 0.691 bits per heavy atom. The fraction of sp³-hybridized carbons (Fsp3) is 0.980. The van der Waals surface area contributed by atoms with Crippen molar-refractivity contribution in [3.63, 3.8) is 0 Å². The molecule has 0 rings (SSSR count). The van der Waals surface area contributed by atoms with Gasteiger partial charge in [-0.05, 0) is 51.5 Å². The monoisotopic (exact) mass is 780 g/mol. The van der Waals surface area contributed by atoms with Crippen molar-refractivity contribution in [1.29, 1.82) is 0 Å². The second-order valence-electron chi connectivity index (χ2n) is 17.3. The van der Waals surface area contributed by atoms with E-state index in [0.717, 1.165) is 77.7 Å². The van der Waals surface area contributed by atoms with E-state index in [1.54, 1.807) is 0 Å². The third-order valence-corrected chi connectivity index (χ3v) is 11.8. The first-order chi connectivity index (χ1) is 27.0. The van der Waals surface area contributed by atoms with Crippen molar-refractivity contribution in [2.45, 2.75) is 259 Å². The number of aliphatic hydroxyl groups excluding tert-OH is 2. The minimum atomic E-state index is -0.548. The molecule has 6 heteroatoms. The van der Waals surface area contributed by atoms with Crippen molar-refractivity contribution >= 4 is 5.91 Å². The van der Waals surface area contributed by atoms with Crippen LogP contribution in [-0.2, 0) is 4.79 Å². The third-order valence-electron chi connectivity index (χ3n) is 11.8. The summed E-state index contributed by atoms with van der Waals surface area (Å²) in [5, 5.41) is 21.3. The standard InChI is InChI=1S/C49H101N3O3/c1-5-9-13-17-21-25-29-35-41-51(42-36-30-26-22-18-14-10-6-2)48(54)46-50(40-34-33-39-45-53)47-49(55)52(43-37-31-27-23-19-15-11-7-3)44-38-32-28-24-20-16-12-8-4/h48,53-54H,5-47H2,1-4H3. The molecule has 0 bridgehead atoms. The van der Waals surface area contributed by atoms with Crippen LogP contribution in [0.1, 0.15) is 252 Å². The number of nitrogens with zero attached hydrogens (tertiary/aromatic N) is 3. The average molecular weight is 780 g/mol. The Bertz CT molecular complexity index is 713. The van der Waals surface area contributed by atoms with E-state index in [1.807, 2.05) is 0 Å². The average Bonchev–Trinajstić information content (AvgIpc) is 3.18. The fourth-order valence-corrected chi connectivity index (χ4v) is 8.04. The summed E-state index contributed by atoms with van der Waals surface area (Å²) in [6.07, 6.45) is 43.4. The molecule has 1 atom stereocenters. The van der Waals surface area contributed by atoms with E-state index in [4.69, 9.17) is 0 Å². The lowest BCUT2D eigenvalue weighted by Gasteiger charge is -2.33. The molecule has 0 heterocycles. The van der Waals surface area contributed by atoms with Gasteiger partial charge >= 0.3 is 0 Å². The van der Waals surface area contributed by atoms with Crippen molar-refractivity contribution < 1.29 is 15.0 Å². The molecule has 1 unspecified atom stereocenters. The summed E-state index contributed by atoms with van der Waals surface area (Å²) in [7, 11) is 0. The number of hydrogen-bond acceptors (Lipinski definition) is 5. The Morgan fingerprint density at radius 1 is 0.400 bits per heavy atom. The van der Waals surface area contributed by atoms with Crippen LogP contribution < -0.4 is 0 Å². The summed E-state index contributed by atoms with van der Waals surface area (Å²) in [5.74, 6) is 0.248. The molecule has 0 fully saturated rings. The molecule has 0 radical (unpaired) electrons. The van der Waals surface area contributed by atoms with E-state index >= 15 is 0 Å². The number of carbonyl (C=O) groups is 1. The van der Waals surface area contributed by atoms with Crippen molar-refractivity contribution in [2.75, 3.05) is 52.4 Å². The minimum Gasteiger partial charge on any atom is -0.396 e. The van der Waals surface area contributed by atoms with E-state index in [9.17, 15) is 15.0 Å². The first-order valence-corrected chi connectivity index (χ1v) is 25.1. The van der Waals surface area contributed by atoms with E-state index in [2.05, 4.69) is 42.4 Å². The molecule has 0 aromatic carbocycles. The molecule has 2 N–H and O–H groups in total. The lowest BCUT2D eigenvalue weighted by Crippen LogP contribution is -2.48. The van der Waals surface area contributed by atoms with Gasteiger partial charge in [-0.3, -0.25) is 14.6 Å². The SMILES string of the molecule is CCCCCCCCCCN(CCCCCCCCCC)C(=O)CN(CCCCCO)CC(O)N(CCCCCCCCCC)CCCCCCCCCC. The molecule has 0 saturated heterocycles. The van der Waals surface area contributed by atoms with E-state index < -0.39 is 6.23 Å². The molecule has 330 valence electrons. The second-order valence-corrected chi connectivity index (χ2v) is 17.3. The Balaban J connectivity index is 5.43. The van der Waals surface area contributed by atoms with Crippen LogP contribution in [0.25, 0.3) is 0 Å². The Hall–Kier alpha value is -0.690. The highest BCUT2D eigenvalue weighted by molar-refractivity contribution is 5.78. The predicted octanol–water partition coefficient (Wildman–Crippen LogP) is 13.5. The van der Waals surface area contributed by atoms with Crippen molar-refractivity contribution in [3.05, 3.63) is 0 Å². The van der Waals surface area contributed by atoms with Crippen molar-refractivity contribution in [3.8, 4) is 0 Å². The highest BCUT2D eigenvalue weighted by Crippen LogP contribution is 2.15. The van der Waals surface area contributed by atoms with Crippen LogP contribution in [0.3, 0.4) is 0 Å². The summed E-state index contributed by atoms with van der Waals surface area (Å²) in [5.41, 5.74) is 0. The highest BCUT2D eigenvalue weighted by Gasteiger charge is 2.23. The maximum Gasteiger partial charge on any atom is 0.236 e. The molecular formula is C49H101N3O3. The molecule has 6 nitrogen and oxygen atoms in total. The van der Waals surface area contributed by atoms with Gasteiger partial charge in [-0.15, -0.1) is 0 Å². The number of hydrogen-bond donors (Lipinski definition) is 2. The van der Waals surface area contributed by atoms with Gasteiger partial charge in [0.25, 0.3) is 0 Å². The lowest BCUT2D eigenvalue weighted by atomic mass is 10.1. The number of amides is 1. The Labute approximate surface area is 345 Å². The number of rotatable bonds is 46. The van der Waals surface area contributed by atoms with Crippen LogP contribution in [0, 0.1) is 0 Å². The van der Waals surface area contributed by atoms with E-state index in [1.165, 1.54) is 180 Å². The first-order valence-electron chi connectivity index (χ1n) is 25.1. The van der Waals surface area contributed by atoms with Crippen LogP contribution in [0.15, 0.2) is 0 Å². The van der Waals surface area contributed by atoms with Gasteiger partial charge in [-0.25, -0.2) is 0 Å². The molecule has 0 aliphatic rings. The van der Waals surface area contributed by atoms with Crippen molar-refractivity contribution in [1.82, 2.24) is 14.7 Å². The van der Waals surface area contributed by atoms with Crippen LogP contribution in [0.5, 0.6) is 0 Å². The van der Waals surface area contributed by atoms with Crippen LogP contribution in [0.4, 0.5) is 0 Å². The zero-order valence-electron chi connectivity index (χ0n) is 38.1. The Kier molecular flexibility index (Phi) is 43.9. The van der Waals surface area contributed by atoms with E-state index in [-0.39, 0.29) is 12.5 Å². The van der Waals surface area contributed by atoms with Gasteiger partial charge in [0, 0.05) is 39.3 Å². The molecule has 0 aromatic rings. The maximum atomic E-state index is 14.1. The largest absolute Gasteiger partial charge is 0.396 e. The van der Waals surface area contributed by atoms with Crippen LogP contribution >= 0.6 is 0 Å². The molecule has 0 saturated carbocycles. The molecular weight excluding hydrogens is 679 g/mol. The van der Waals surface area contributed by atoms with Crippen LogP contribution in [0.2, 0.25) is 0 Å². The van der Waals surface area contributed by atoms with E-state index in [0.29, 0.717) is 13.1 Å². The van der Waals surface area contributed by atoms with Gasteiger partial charge in [0.1, 0.15) is 6.23 Å². The van der Waals surface area contributed by atoms with Crippen molar-refractivity contribution in [2.24, 2.45) is 0 Å². The van der Waals surface area contributed by atoms with Gasteiger partial charge in [0.05, 0.1) is 6.54 Å². The summed E-state index contributed by atoms with van der Waals surface area (Å²) in [6, 6.07) is 0. The normalized spacial score (nSPS) is 12.4. The van der Waals surface area contributed by atoms with Gasteiger partial charge in [-0.1, -0.05) is 207 Å². The summed E-state index contributed by atoms with van der Waals surface area (Å²) < 4.78 is 0. The topological polar surface area (TPSA) is 67.2 Å². The molecule has 0 spiro atoms. The number of aliphatic hydroxyl groups is 2. The smallest absolute Gasteiger partial charge is 0.236 e. The molecule has 1 amide bonds. The zero-order valence-corrected chi connectivity index (χ0v) is 38.1. The number of unbranched alkanes of at least 4 members (excludes halogenated alkanes) is 30. The van der Waals surface area contributed by atoms with Gasteiger partial charge in [0.15, 0.2) is 0 Å². The summed E-state index contributed by atoms with van der Waals surface area (Å²) in [6.45, 7) is 14.7. The highest BCUT2D eigenvalue weighted by atomic mass is 16.3. The molecule has 55 heavy (non-hydrogen) atoms. The molecule has 0 aliphatic heterocycles. The maximum absolute atomic E-state index is 14.1. The van der Waals surface area contributed by atoms with Gasteiger partial charge < -0.3 is 15.1 Å². The summed E-state index contributed by atoms with van der Waals surface area (Å²) >= 11 is 0. The van der Waals surface area contributed by atoms with Gasteiger partial charge in [-0.2, -0.15) is 0 Å². The van der Waals surface area contributed by atoms with Crippen LogP contribution in [-0.4, -0.2) is 89.5 Å². The first kappa shape index (κ1) is 54.3. The molecule has 0 aromatic heterocycles. The van der Waals surface area contributed by atoms with Gasteiger partial charge in [0.2, 0.25) is 5.91 Å². The predicted molar refractivity (Wildman–Crippen MR) is 242 cm³/mol.